The fourth-order valence-corrected chi connectivity index (χ4v) is 1.28. The Labute approximate surface area is 71.5 Å². The highest BCUT2D eigenvalue weighted by atomic mass is 35.5. The molecule has 0 amide bonds. The van der Waals surface area contributed by atoms with Crippen LogP contribution >= 0.6 is 23.2 Å². The Morgan fingerprint density at radius 3 is 1.70 bits per heavy atom. The largest absolute Gasteiger partial charge is 0.118 e. The van der Waals surface area contributed by atoms with Gasteiger partial charge in [-0.3, -0.25) is 0 Å². The number of hydrogen-bond acceptors (Lipinski definition) is 0. The maximum Gasteiger partial charge on any atom is 0.0550 e. The monoisotopic (exact) mass is 176 g/mol. The summed E-state index contributed by atoms with van der Waals surface area (Å²) in [4.78, 5) is 0. The summed E-state index contributed by atoms with van der Waals surface area (Å²) in [6.07, 6.45) is 9.86. The molecule has 10 heavy (non-hydrogen) atoms. The van der Waals surface area contributed by atoms with E-state index in [9.17, 15) is 0 Å². The zero-order chi connectivity index (χ0) is 7.40. The third-order valence-electron chi connectivity index (χ3n) is 1.41. The predicted octanol–water partition coefficient (Wildman–Crippen LogP) is 3.11. The molecule has 0 fully saturated rings. The van der Waals surface area contributed by atoms with Gasteiger partial charge in [0, 0.05) is 0 Å². The average Bonchev–Trinajstić information content (AvgIpc) is 1.84. The van der Waals surface area contributed by atoms with E-state index in [-0.39, 0.29) is 10.8 Å². The molecule has 0 aromatic rings. The zero-order valence-electron chi connectivity index (χ0n) is 5.63. The van der Waals surface area contributed by atoms with Crippen molar-refractivity contribution in [1.82, 2.24) is 0 Å². The van der Waals surface area contributed by atoms with E-state index in [2.05, 4.69) is 0 Å². The highest BCUT2D eigenvalue weighted by Crippen LogP contribution is 2.13. The maximum absolute atomic E-state index is 5.86. The van der Waals surface area contributed by atoms with Gasteiger partial charge in [-0.2, -0.15) is 0 Å². The number of allylic oxidation sites excluding steroid dienone is 4. The van der Waals surface area contributed by atoms with Crippen LogP contribution in [0.1, 0.15) is 12.8 Å². The van der Waals surface area contributed by atoms with E-state index in [1.54, 1.807) is 0 Å². The molecule has 1 rings (SSSR count). The lowest BCUT2D eigenvalue weighted by molar-refractivity contribution is 0.971. The molecule has 0 bridgehead atoms. The Morgan fingerprint density at radius 1 is 0.900 bits per heavy atom. The van der Waals surface area contributed by atoms with Crippen LogP contribution in [0.2, 0.25) is 0 Å². The lowest BCUT2D eigenvalue weighted by Crippen LogP contribution is -1.97. The summed E-state index contributed by atoms with van der Waals surface area (Å²) in [6, 6.07) is 0. The minimum Gasteiger partial charge on any atom is -0.118 e. The second-order valence-corrected chi connectivity index (χ2v) is 3.48. The van der Waals surface area contributed by atoms with Gasteiger partial charge in [-0.1, -0.05) is 24.3 Å². The minimum absolute atomic E-state index is 0.153. The molecule has 2 unspecified atom stereocenters. The Bertz CT molecular complexity index is 131. The van der Waals surface area contributed by atoms with E-state index in [0.29, 0.717) is 0 Å². The number of rotatable bonds is 0. The number of hydrogen-bond donors (Lipinski definition) is 0. The fourth-order valence-electron chi connectivity index (χ4n) is 0.870. The van der Waals surface area contributed by atoms with Gasteiger partial charge in [0.15, 0.2) is 0 Å². The Hall–Kier alpha value is 0.0600. The van der Waals surface area contributed by atoms with Gasteiger partial charge in [0.05, 0.1) is 10.8 Å². The van der Waals surface area contributed by atoms with Crippen LogP contribution in [0.5, 0.6) is 0 Å². The van der Waals surface area contributed by atoms with Crippen LogP contribution in [-0.2, 0) is 0 Å². The molecule has 0 N–H and O–H groups in total. The van der Waals surface area contributed by atoms with Gasteiger partial charge in [0.2, 0.25) is 0 Å². The second-order valence-electron chi connectivity index (χ2n) is 2.36. The third kappa shape index (κ3) is 2.76. The first kappa shape index (κ1) is 8.16. The smallest absolute Gasteiger partial charge is 0.0550 e. The first-order valence-corrected chi connectivity index (χ1v) is 4.28. The standard InChI is InChI=1S/C8H10Cl2/c9-7-3-1-4-8(10)6-2-5-7/h1-3,6-8H,4-5H2. The van der Waals surface area contributed by atoms with Crippen LogP contribution in [0, 0.1) is 0 Å². The van der Waals surface area contributed by atoms with E-state index in [4.69, 9.17) is 23.2 Å². The van der Waals surface area contributed by atoms with Crippen LogP contribution in [0.3, 0.4) is 0 Å². The molecule has 0 saturated heterocycles. The molecule has 0 spiro atoms. The summed E-state index contributed by atoms with van der Waals surface area (Å²) in [7, 11) is 0. The van der Waals surface area contributed by atoms with Crippen LogP contribution in [-0.4, -0.2) is 10.8 Å². The summed E-state index contributed by atoms with van der Waals surface area (Å²) >= 11 is 11.7. The predicted molar refractivity (Wildman–Crippen MR) is 46.8 cm³/mol. The molecular weight excluding hydrogens is 167 g/mol. The normalized spacial score (nSPS) is 33.4. The van der Waals surface area contributed by atoms with Gasteiger partial charge in [-0.05, 0) is 12.8 Å². The van der Waals surface area contributed by atoms with E-state index in [1.807, 2.05) is 24.3 Å². The second kappa shape index (κ2) is 4.05. The highest BCUT2D eigenvalue weighted by Gasteiger charge is 2.02. The third-order valence-corrected chi connectivity index (χ3v) is 2.06. The van der Waals surface area contributed by atoms with E-state index in [0.717, 1.165) is 12.8 Å². The molecule has 1 aliphatic rings. The van der Waals surface area contributed by atoms with Gasteiger partial charge in [0.25, 0.3) is 0 Å². The quantitative estimate of drug-likeness (QED) is 0.394. The number of alkyl halides is 2. The lowest BCUT2D eigenvalue weighted by Gasteiger charge is -2.05. The zero-order valence-corrected chi connectivity index (χ0v) is 7.15. The molecular formula is C8H10Cl2. The topological polar surface area (TPSA) is 0 Å². The fraction of sp³-hybridized carbons (Fsp3) is 0.500. The number of halogens is 2. The molecule has 0 aromatic heterocycles. The van der Waals surface area contributed by atoms with Gasteiger partial charge < -0.3 is 0 Å². The Morgan fingerprint density at radius 2 is 1.30 bits per heavy atom. The van der Waals surface area contributed by atoms with Crippen LogP contribution in [0.4, 0.5) is 0 Å². The molecule has 1 aliphatic carbocycles. The lowest BCUT2D eigenvalue weighted by atomic mass is 10.1. The Balaban J connectivity index is 2.48. The average molecular weight is 177 g/mol. The summed E-state index contributed by atoms with van der Waals surface area (Å²) in [5, 5.41) is 0.306. The van der Waals surface area contributed by atoms with Gasteiger partial charge in [-0.15, -0.1) is 23.2 Å². The Kier molecular flexibility index (Phi) is 3.30. The van der Waals surface area contributed by atoms with Gasteiger partial charge >= 0.3 is 0 Å². The summed E-state index contributed by atoms with van der Waals surface area (Å²) in [5.41, 5.74) is 0. The molecule has 0 aliphatic heterocycles. The van der Waals surface area contributed by atoms with Crippen molar-refractivity contribution in [2.24, 2.45) is 0 Å². The summed E-state index contributed by atoms with van der Waals surface area (Å²) in [6.45, 7) is 0. The van der Waals surface area contributed by atoms with Crippen LogP contribution in [0.25, 0.3) is 0 Å². The van der Waals surface area contributed by atoms with Gasteiger partial charge in [0.1, 0.15) is 0 Å². The van der Waals surface area contributed by atoms with Crippen molar-refractivity contribution >= 4 is 23.2 Å². The van der Waals surface area contributed by atoms with Crippen molar-refractivity contribution in [3.8, 4) is 0 Å². The van der Waals surface area contributed by atoms with Crippen molar-refractivity contribution in [3.05, 3.63) is 24.3 Å². The SMILES string of the molecule is ClC1C=CCC(Cl)C=CC1. The van der Waals surface area contributed by atoms with Crippen LogP contribution < -0.4 is 0 Å². The van der Waals surface area contributed by atoms with Crippen molar-refractivity contribution < 1.29 is 0 Å². The molecule has 0 saturated carbocycles. The van der Waals surface area contributed by atoms with E-state index < -0.39 is 0 Å². The van der Waals surface area contributed by atoms with Gasteiger partial charge in [-0.25, -0.2) is 0 Å². The van der Waals surface area contributed by atoms with Crippen LogP contribution in [0.15, 0.2) is 24.3 Å². The van der Waals surface area contributed by atoms with Crippen molar-refractivity contribution in [1.29, 1.82) is 0 Å². The summed E-state index contributed by atoms with van der Waals surface area (Å²) in [5.74, 6) is 0. The van der Waals surface area contributed by atoms with Crippen molar-refractivity contribution in [3.63, 3.8) is 0 Å². The molecule has 56 valence electrons. The summed E-state index contributed by atoms with van der Waals surface area (Å²) < 4.78 is 0. The van der Waals surface area contributed by atoms with E-state index in [1.165, 1.54) is 0 Å². The van der Waals surface area contributed by atoms with Crippen molar-refractivity contribution in [2.75, 3.05) is 0 Å². The van der Waals surface area contributed by atoms with Crippen molar-refractivity contribution in [2.45, 2.75) is 23.6 Å². The molecule has 0 nitrogen and oxygen atoms in total. The molecule has 0 aromatic carbocycles. The first-order chi connectivity index (χ1) is 4.79. The minimum atomic E-state index is 0.153. The van der Waals surface area contributed by atoms with E-state index >= 15 is 0 Å². The molecule has 2 atom stereocenters. The first-order valence-electron chi connectivity index (χ1n) is 3.40. The highest BCUT2D eigenvalue weighted by molar-refractivity contribution is 6.22. The molecule has 0 radical (unpaired) electrons. The maximum atomic E-state index is 5.86. The molecule has 0 heterocycles. The molecule has 2 heteroatoms.